The van der Waals surface area contributed by atoms with E-state index in [9.17, 15) is 28.8 Å². The molecule has 1 aliphatic heterocycles. The number of morpholine rings is 1. The Morgan fingerprint density at radius 3 is 1.95 bits per heavy atom. The first kappa shape index (κ1) is 60.7. The molecule has 2 amide bonds. The lowest BCUT2D eigenvalue weighted by Gasteiger charge is -2.41. The van der Waals surface area contributed by atoms with Crippen molar-refractivity contribution in [3.05, 3.63) is 107 Å². The third-order valence-electron chi connectivity index (χ3n) is 13.7. The Hall–Kier alpha value is -6.15. The SMILES string of the molecule is CC(=O)Oc1ccc(C[N+]2(CC(=O)C[C@@H](CCc3ccccc3)C(=O)NC(CC(C)C)C(=O)C[C@@H](Cc3ccccc3)C(=O)NC(CC(C)C)C(=O)C3(C)CC3)CCOCC2)cc1OCc1cn(C)nn1.CS(=O)(=O)[O-]. The van der Waals surface area contributed by atoms with E-state index >= 15 is 0 Å². The molecule has 414 valence electrons. The fourth-order valence-electron chi connectivity index (χ4n) is 9.55. The second-order valence-electron chi connectivity index (χ2n) is 21.8. The molecule has 4 aromatic rings. The van der Waals surface area contributed by atoms with Crippen molar-refractivity contribution in [1.82, 2.24) is 25.6 Å². The molecule has 1 saturated heterocycles. The summed E-state index contributed by atoms with van der Waals surface area (Å²) in [5, 5.41) is 14.3. The summed E-state index contributed by atoms with van der Waals surface area (Å²) in [5.41, 5.74) is 2.93. The maximum Gasteiger partial charge on any atom is 0.308 e. The number of nitrogens with zero attached hydrogens (tertiary/aromatic N) is 4. The average molecular weight is 1070 g/mol. The molecule has 3 aromatic carbocycles. The summed E-state index contributed by atoms with van der Waals surface area (Å²) in [4.78, 5) is 83.9. The van der Waals surface area contributed by atoms with Crippen LogP contribution in [0.15, 0.2) is 85.1 Å². The highest BCUT2D eigenvalue weighted by molar-refractivity contribution is 7.84. The highest BCUT2D eigenvalue weighted by Gasteiger charge is 2.48. The minimum Gasteiger partial charge on any atom is -0.748 e. The number of aryl methyl sites for hydroxylation is 2. The number of aromatic nitrogens is 3. The lowest BCUT2D eigenvalue weighted by Crippen LogP contribution is -2.57. The summed E-state index contributed by atoms with van der Waals surface area (Å²) in [6.07, 6.45) is 5.81. The molecule has 6 rings (SSSR count). The predicted molar refractivity (Wildman–Crippen MR) is 284 cm³/mol. The van der Waals surface area contributed by atoms with Crippen molar-refractivity contribution < 1.29 is 60.4 Å². The molecule has 2 fully saturated rings. The molecule has 2 N–H and O–H groups in total. The Balaban J connectivity index is 0.00000203. The zero-order chi connectivity index (χ0) is 55.6. The maximum atomic E-state index is 14.7. The first-order valence-corrected chi connectivity index (χ1v) is 28.1. The molecular weight excluding hydrogens is 993 g/mol. The van der Waals surface area contributed by atoms with Crippen LogP contribution in [0.5, 0.6) is 11.5 Å². The maximum absolute atomic E-state index is 14.7. The van der Waals surface area contributed by atoms with Crippen molar-refractivity contribution in [1.29, 1.82) is 0 Å². The van der Waals surface area contributed by atoms with Crippen LogP contribution in [0.3, 0.4) is 0 Å². The molecule has 19 heteroatoms. The smallest absolute Gasteiger partial charge is 0.308 e. The molecule has 2 unspecified atom stereocenters. The lowest BCUT2D eigenvalue weighted by atomic mass is 9.87. The molecule has 0 radical (unpaired) electrons. The van der Waals surface area contributed by atoms with Gasteiger partial charge in [-0.3, -0.25) is 33.4 Å². The van der Waals surface area contributed by atoms with Crippen LogP contribution < -0.4 is 20.1 Å². The van der Waals surface area contributed by atoms with Gasteiger partial charge in [0.15, 0.2) is 28.8 Å². The first-order valence-electron chi connectivity index (χ1n) is 26.3. The quantitative estimate of drug-likeness (QED) is 0.0275. The van der Waals surface area contributed by atoms with E-state index in [4.69, 9.17) is 27.2 Å². The number of nitrogens with one attached hydrogen (secondary N) is 2. The van der Waals surface area contributed by atoms with E-state index in [1.165, 1.54) is 6.92 Å². The number of carbonyl (C=O) groups is 6. The number of ether oxygens (including phenoxy) is 3. The van der Waals surface area contributed by atoms with Crippen LogP contribution >= 0.6 is 0 Å². The van der Waals surface area contributed by atoms with E-state index in [-0.39, 0.29) is 79.2 Å². The number of hydrogen-bond donors (Lipinski definition) is 2. The molecule has 2 aliphatic rings. The zero-order valence-electron chi connectivity index (χ0n) is 45.5. The van der Waals surface area contributed by atoms with Gasteiger partial charge >= 0.3 is 5.97 Å². The minimum absolute atomic E-state index is 0.0223. The Kier molecular flexibility index (Phi) is 22.6. The van der Waals surface area contributed by atoms with Crippen LogP contribution in [-0.2, 0) is 76.7 Å². The number of amides is 2. The number of Topliss-reactive ketones (excluding diaryl/α,β-unsaturated/α-hetero) is 3. The fraction of sp³-hybridized carbons (Fsp3) is 0.544. The lowest BCUT2D eigenvalue weighted by molar-refractivity contribution is -0.940. The fourth-order valence-corrected chi connectivity index (χ4v) is 9.55. The molecule has 18 nitrogen and oxygen atoms in total. The van der Waals surface area contributed by atoms with E-state index < -0.39 is 45.4 Å². The molecule has 1 saturated carbocycles. The summed E-state index contributed by atoms with van der Waals surface area (Å²) in [7, 11) is -2.16. The molecule has 76 heavy (non-hydrogen) atoms. The number of benzene rings is 3. The van der Waals surface area contributed by atoms with Gasteiger partial charge in [0.2, 0.25) is 11.8 Å². The largest absolute Gasteiger partial charge is 0.748 e. The van der Waals surface area contributed by atoms with Crippen LogP contribution in [0, 0.1) is 29.1 Å². The minimum atomic E-state index is -3.92. The van der Waals surface area contributed by atoms with Crippen LogP contribution in [0.2, 0.25) is 0 Å². The molecular formula is C57H78N6O12S. The number of esters is 1. The molecule has 0 bridgehead atoms. The van der Waals surface area contributed by atoms with Gasteiger partial charge < -0.3 is 33.9 Å². The second-order valence-corrected chi connectivity index (χ2v) is 23.2. The monoisotopic (exact) mass is 1070 g/mol. The van der Waals surface area contributed by atoms with E-state index in [1.807, 2.05) is 107 Å². The van der Waals surface area contributed by atoms with Crippen molar-refractivity contribution in [2.45, 2.75) is 125 Å². The Labute approximate surface area is 448 Å². The Bertz CT molecular complexity index is 2680. The number of hydrogen-bond acceptors (Lipinski definition) is 14. The van der Waals surface area contributed by atoms with Gasteiger partial charge in [0, 0.05) is 55.9 Å². The van der Waals surface area contributed by atoms with Gasteiger partial charge in [-0.1, -0.05) is 100 Å². The molecule has 1 aromatic heterocycles. The number of carbonyl (C=O) groups excluding carboxylic acids is 6. The third kappa shape index (κ3) is 20.8. The van der Waals surface area contributed by atoms with Gasteiger partial charge in [0.05, 0.1) is 41.6 Å². The summed E-state index contributed by atoms with van der Waals surface area (Å²) in [5.74, 6) is -2.27. The standard InChI is InChI=1S/C56H74N6O9.CH4O3S/c1-38(2)28-48(50(65)33-45(30-42-16-12-9-13-17-42)55(68)58-49(29-39(3)4)53(66)56(6)22-23-56)57-54(67)44(20-18-41-14-10-8-11-15-41)32-47(64)36-62(24-26-69-27-25-62)35-43-19-21-51(71-40(5)63)52(31-43)70-37-46-34-61(7)60-59-46;1-5(2,3)4/h8-17,19,21,31,34,38-39,44-45,48-49H,18,20,22-30,32-33,35-37H2,1-7H3,(H-,57,58,67,68);1H3,(H,2,3,4)/t44-,45-,48?,49?;/m1./s1. The topological polar surface area (TPSA) is 242 Å². The van der Waals surface area contributed by atoms with E-state index in [0.717, 1.165) is 29.5 Å². The van der Waals surface area contributed by atoms with E-state index in [1.54, 1.807) is 24.0 Å². The molecule has 4 atom stereocenters. The van der Waals surface area contributed by atoms with Crippen LogP contribution in [-0.4, -0.2) is 119 Å². The van der Waals surface area contributed by atoms with Gasteiger partial charge in [-0.05, 0) is 86.1 Å². The summed E-state index contributed by atoms with van der Waals surface area (Å²) in [6.45, 7) is 14.0. The normalized spacial score (nSPS) is 16.2. The highest BCUT2D eigenvalue weighted by atomic mass is 32.2. The van der Waals surface area contributed by atoms with Gasteiger partial charge in [-0.2, -0.15) is 0 Å². The summed E-state index contributed by atoms with van der Waals surface area (Å²) in [6, 6.07) is 23.2. The van der Waals surface area contributed by atoms with Gasteiger partial charge in [0.25, 0.3) is 0 Å². The van der Waals surface area contributed by atoms with Gasteiger partial charge in [0.1, 0.15) is 38.5 Å². The molecule has 0 spiro atoms. The first-order chi connectivity index (χ1) is 35.9. The predicted octanol–water partition coefficient (Wildman–Crippen LogP) is 6.29. The number of rotatable bonds is 28. The zero-order valence-corrected chi connectivity index (χ0v) is 46.3. The molecule has 1 aliphatic carbocycles. The molecule has 2 heterocycles. The van der Waals surface area contributed by atoms with Crippen molar-refractivity contribution >= 4 is 45.3 Å². The average Bonchev–Trinajstić information content (AvgIpc) is 3.97. The number of ketones is 3. The Morgan fingerprint density at radius 1 is 0.803 bits per heavy atom. The van der Waals surface area contributed by atoms with Crippen molar-refractivity contribution in [3.8, 4) is 11.5 Å². The summed E-state index contributed by atoms with van der Waals surface area (Å²) >= 11 is 0. The van der Waals surface area contributed by atoms with Crippen LogP contribution in [0.1, 0.15) is 109 Å². The van der Waals surface area contributed by atoms with Crippen molar-refractivity contribution in [2.75, 3.05) is 39.1 Å². The van der Waals surface area contributed by atoms with Crippen molar-refractivity contribution in [3.63, 3.8) is 0 Å². The highest BCUT2D eigenvalue weighted by Crippen LogP contribution is 2.47. The summed E-state index contributed by atoms with van der Waals surface area (Å²) < 4.78 is 46.6. The van der Waals surface area contributed by atoms with Crippen molar-refractivity contribution in [2.24, 2.45) is 36.1 Å². The van der Waals surface area contributed by atoms with Gasteiger partial charge in [-0.15, -0.1) is 5.10 Å². The van der Waals surface area contributed by atoms with Gasteiger partial charge in [-0.25, -0.2) is 8.42 Å². The van der Waals surface area contributed by atoms with E-state index in [0.29, 0.717) is 80.7 Å². The van der Waals surface area contributed by atoms with E-state index in [2.05, 4.69) is 20.9 Å². The number of quaternary nitrogens is 1. The Morgan fingerprint density at radius 2 is 1.38 bits per heavy atom. The van der Waals surface area contributed by atoms with Crippen LogP contribution in [0.25, 0.3) is 0 Å². The third-order valence-corrected chi connectivity index (χ3v) is 13.7. The second kappa shape index (κ2) is 28.3. The van der Waals surface area contributed by atoms with Crippen LogP contribution in [0.4, 0.5) is 0 Å².